The summed E-state index contributed by atoms with van der Waals surface area (Å²) < 4.78 is 12.2. The van der Waals surface area contributed by atoms with E-state index in [1.807, 2.05) is 41.2 Å². The Bertz CT molecular complexity index is 990. The molecule has 3 heterocycles. The first-order chi connectivity index (χ1) is 14.2. The van der Waals surface area contributed by atoms with Crippen LogP contribution in [0.25, 0.3) is 11.4 Å². The van der Waals surface area contributed by atoms with Crippen molar-refractivity contribution in [2.24, 2.45) is 0 Å². The van der Waals surface area contributed by atoms with Crippen molar-refractivity contribution in [3.05, 3.63) is 47.7 Å². The number of anilines is 1. The number of hydrogen-bond donors (Lipinski definition) is 3. The summed E-state index contributed by atoms with van der Waals surface area (Å²) >= 11 is 0. The maximum Gasteiger partial charge on any atom is 0.259 e. The Morgan fingerprint density at radius 3 is 3.00 bits per heavy atom. The Morgan fingerprint density at radius 1 is 1.38 bits per heavy atom. The maximum absolute atomic E-state index is 12.8. The largest absolute Gasteiger partial charge is 0.497 e. The zero-order chi connectivity index (χ0) is 20.2. The summed E-state index contributed by atoms with van der Waals surface area (Å²) in [5, 5.41) is 14.8. The molecule has 9 heteroatoms. The molecule has 9 nitrogen and oxygen atoms in total. The van der Waals surface area contributed by atoms with Crippen molar-refractivity contribution in [1.82, 2.24) is 25.6 Å². The van der Waals surface area contributed by atoms with E-state index in [-0.39, 0.29) is 17.4 Å². The molecule has 0 spiro atoms. The molecule has 0 unspecified atom stereocenters. The molecule has 29 heavy (non-hydrogen) atoms. The van der Waals surface area contributed by atoms with E-state index in [1.165, 1.54) is 0 Å². The van der Waals surface area contributed by atoms with Crippen LogP contribution in [0.5, 0.6) is 5.75 Å². The van der Waals surface area contributed by atoms with E-state index in [2.05, 4.69) is 20.9 Å². The van der Waals surface area contributed by atoms with Gasteiger partial charge in [-0.25, -0.2) is 0 Å². The lowest BCUT2D eigenvalue weighted by molar-refractivity contribution is 0.0952. The van der Waals surface area contributed by atoms with Gasteiger partial charge in [0.1, 0.15) is 22.7 Å². The minimum atomic E-state index is -0.363. The summed E-state index contributed by atoms with van der Waals surface area (Å²) in [6.07, 6.45) is 3.93. The normalized spacial score (nSPS) is 14.7. The number of nitrogens with one attached hydrogen (secondary N) is 2. The molecule has 1 aliphatic rings. The van der Waals surface area contributed by atoms with Gasteiger partial charge in [0.15, 0.2) is 0 Å². The smallest absolute Gasteiger partial charge is 0.259 e. The first kappa shape index (κ1) is 19.0. The van der Waals surface area contributed by atoms with Gasteiger partial charge in [-0.15, -0.1) is 0 Å². The number of nitrogen functional groups attached to an aromatic ring is 1. The molecule has 0 radical (unpaired) electrons. The van der Waals surface area contributed by atoms with E-state index < -0.39 is 0 Å². The van der Waals surface area contributed by atoms with Crippen LogP contribution in [-0.4, -0.2) is 41.0 Å². The zero-order valence-corrected chi connectivity index (χ0v) is 16.2. The number of piperidine rings is 1. The van der Waals surface area contributed by atoms with Crippen LogP contribution in [0.2, 0.25) is 0 Å². The summed E-state index contributed by atoms with van der Waals surface area (Å²) in [6.45, 7) is 2.26. The van der Waals surface area contributed by atoms with Crippen molar-refractivity contribution in [3.8, 4) is 17.1 Å². The molecule has 1 amide bonds. The summed E-state index contributed by atoms with van der Waals surface area (Å²) in [4.78, 5) is 12.8. The number of aromatic nitrogens is 3. The standard InChI is InChI=1S/C20H24N6O3/c1-28-15-4-2-3-13(11-15)12-23-20(27)17-18(25-29-19(17)21)16-7-10-26(24-16)14-5-8-22-9-6-14/h2-4,7,10-11,14,22H,5-6,8-9,12,21H2,1H3,(H,23,27). The number of nitrogens with two attached hydrogens (primary N) is 1. The van der Waals surface area contributed by atoms with E-state index in [1.54, 1.807) is 7.11 Å². The minimum absolute atomic E-state index is 0.0282. The van der Waals surface area contributed by atoms with Gasteiger partial charge in [-0.1, -0.05) is 17.3 Å². The number of ether oxygens (including phenoxy) is 1. The van der Waals surface area contributed by atoms with Gasteiger partial charge >= 0.3 is 0 Å². The van der Waals surface area contributed by atoms with Gasteiger partial charge in [0, 0.05) is 12.7 Å². The Labute approximate surface area is 168 Å². The number of rotatable bonds is 6. The molecule has 0 aliphatic carbocycles. The average molecular weight is 396 g/mol. The third-order valence-electron chi connectivity index (χ3n) is 5.07. The van der Waals surface area contributed by atoms with Crippen molar-refractivity contribution in [3.63, 3.8) is 0 Å². The average Bonchev–Trinajstić information content (AvgIpc) is 3.39. The molecule has 1 aromatic carbocycles. The number of benzene rings is 1. The van der Waals surface area contributed by atoms with E-state index in [9.17, 15) is 4.79 Å². The Kier molecular flexibility index (Phi) is 5.48. The van der Waals surface area contributed by atoms with Gasteiger partial charge in [-0.05, 0) is 49.7 Å². The summed E-state index contributed by atoms with van der Waals surface area (Å²) in [5.41, 5.74) is 7.91. The minimum Gasteiger partial charge on any atom is -0.497 e. The van der Waals surface area contributed by atoms with Crippen molar-refractivity contribution in [2.75, 3.05) is 25.9 Å². The number of carbonyl (C=O) groups excluding carboxylic acids is 1. The van der Waals surface area contributed by atoms with Crippen LogP contribution in [0.3, 0.4) is 0 Å². The molecule has 3 aromatic rings. The predicted octanol–water partition coefficient (Wildman–Crippen LogP) is 1.98. The monoisotopic (exact) mass is 396 g/mol. The Hall–Kier alpha value is -3.33. The van der Waals surface area contributed by atoms with Gasteiger partial charge in [-0.2, -0.15) is 5.10 Å². The fourth-order valence-electron chi connectivity index (χ4n) is 3.49. The third-order valence-corrected chi connectivity index (χ3v) is 5.07. The van der Waals surface area contributed by atoms with Gasteiger partial charge in [0.05, 0.1) is 13.2 Å². The molecule has 4 rings (SSSR count). The second kappa shape index (κ2) is 8.36. The van der Waals surface area contributed by atoms with Gasteiger partial charge in [0.2, 0.25) is 5.88 Å². The molecule has 1 fully saturated rings. The predicted molar refractivity (Wildman–Crippen MR) is 107 cm³/mol. The first-order valence-corrected chi connectivity index (χ1v) is 9.58. The van der Waals surface area contributed by atoms with Gasteiger partial charge in [-0.3, -0.25) is 9.48 Å². The van der Waals surface area contributed by atoms with Crippen molar-refractivity contribution >= 4 is 11.8 Å². The quantitative estimate of drug-likeness (QED) is 0.583. The molecular weight excluding hydrogens is 372 g/mol. The second-order valence-electron chi connectivity index (χ2n) is 6.97. The van der Waals surface area contributed by atoms with Crippen molar-refractivity contribution in [1.29, 1.82) is 0 Å². The topological polar surface area (TPSA) is 120 Å². The van der Waals surface area contributed by atoms with Crippen LogP contribution in [0.15, 0.2) is 41.1 Å². The molecule has 2 aromatic heterocycles. The number of nitrogens with zero attached hydrogens (tertiary/aromatic N) is 3. The fraction of sp³-hybridized carbons (Fsp3) is 0.350. The van der Waals surface area contributed by atoms with E-state index in [4.69, 9.17) is 15.0 Å². The zero-order valence-electron chi connectivity index (χ0n) is 16.2. The molecule has 0 bridgehead atoms. The SMILES string of the molecule is COc1cccc(CNC(=O)c2c(-c3ccn(C4CCNCC4)n3)noc2N)c1. The van der Waals surface area contributed by atoms with Gasteiger partial charge in [0.25, 0.3) is 5.91 Å². The number of amides is 1. The highest BCUT2D eigenvalue weighted by molar-refractivity contribution is 6.03. The highest BCUT2D eigenvalue weighted by atomic mass is 16.5. The van der Waals surface area contributed by atoms with Gasteiger partial charge < -0.3 is 25.6 Å². The van der Waals surface area contributed by atoms with E-state index in [0.717, 1.165) is 37.2 Å². The summed E-state index contributed by atoms with van der Waals surface area (Å²) in [5.74, 6) is 0.336. The van der Waals surface area contributed by atoms with Crippen LogP contribution < -0.4 is 21.1 Å². The van der Waals surface area contributed by atoms with Crippen molar-refractivity contribution in [2.45, 2.75) is 25.4 Å². The Morgan fingerprint density at radius 2 is 2.21 bits per heavy atom. The molecule has 1 aliphatic heterocycles. The highest BCUT2D eigenvalue weighted by Gasteiger charge is 2.25. The summed E-state index contributed by atoms with van der Waals surface area (Å²) in [7, 11) is 1.60. The lowest BCUT2D eigenvalue weighted by atomic mass is 10.1. The van der Waals surface area contributed by atoms with Crippen LogP contribution in [0.1, 0.15) is 34.8 Å². The molecular formula is C20H24N6O3. The Balaban J connectivity index is 1.51. The summed E-state index contributed by atoms with van der Waals surface area (Å²) in [6, 6.07) is 9.64. The molecule has 152 valence electrons. The maximum atomic E-state index is 12.8. The van der Waals surface area contributed by atoms with Crippen LogP contribution >= 0.6 is 0 Å². The fourth-order valence-corrected chi connectivity index (χ4v) is 3.49. The van der Waals surface area contributed by atoms with Crippen LogP contribution in [0.4, 0.5) is 5.88 Å². The van der Waals surface area contributed by atoms with Crippen LogP contribution in [0, 0.1) is 0 Å². The molecule has 1 saturated heterocycles. The van der Waals surface area contributed by atoms with E-state index in [0.29, 0.717) is 24.0 Å². The first-order valence-electron chi connectivity index (χ1n) is 9.58. The third kappa shape index (κ3) is 4.09. The van der Waals surface area contributed by atoms with E-state index >= 15 is 0 Å². The lowest BCUT2D eigenvalue weighted by Crippen LogP contribution is -2.29. The van der Waals surface area contributed by atoms with Crippen molar-refractivity contribution < 1.29 is 14.1 Å². The second-order valence-corrected chi connectivity index (χ2v) is 6.97. The number of hydrogen-bond acceptors (Lipinski definition) is 7. The molecule has 0 saturated carbocycles. The number of carbonyl (C=O) groups is 1. The van der Waals surface area contributed by atoms with Crippen LogP contribution in [-0.2, 0) is 6.54 Å². The highest BCUT2D eigenvalue weighted by Crippen LogP contribution is 2.27. The molecule has 0 atom stereocenters. The molecule has 4 N–H and O–H groups in total. The lowest BCUT2D eigenvalue weighted by Gasteiger charge is -2.22. The number of methoxy groups -OCH3 is 1.